The Labute approximate surface area is 110 Å². The van der Waals surface area contributed by atoms with E-state index >= 15 is 0 Å². The van der Waals surface area contributed by atoms with Gasteiger partial charge in [0.2, 0.25) is 5.91 Å². The number of amides is 1. The summed E-state index contributed by atoms with van der Waals surface area (Å²) in [5.41, 5.74) is -0.677. The van der Waals surface area contributed by atoms with Crippen LogP contribution in [0.5, 0.6) is 0 Å². The highest BCUT2D eigenvalue weighted by molar-refractivity contribution is 5.78. The van der Waals surface area contributed by atoms with Gasteiger partial charge in [-0.05, 0) is 44.1 Å². The summed E-state index contributed by atoms with van der Waals surface area (Å²) in [6, 6.07) is 0. The molecule has 0 bridgehead atoms. The fourth-order valence-corrected chi connectivity index (χ4v) is 2.83. The second-order valence-corrected chi connectivity index (χ2v) is 6.28. The molecule has 0 aromatic carbocycles. The number of carbonyl (C=O) groups is 1. The summed E-state index contributed by atoms with van der Waals surface area (Å²) in [6.07, 6.45) is 6.47. The molecule has 2 rings (SSSR count). The first kappa shape index (κ1) is 13.8. The smallest absolute Gasteiger partial charge is 0.234 e. The van der Waals surface area contributed by atoms with Gasteiger partial charge < -0.3 is 15.7 Å². The molecule has 0 aromatic heterocycles. The molecule has 2 atom stereocenters. The molecular formula is C14H26N2O2. The van der Waals surface area contributed by atoms with Crippen molar-refractivity contribution in [1.29, 1.82) is 0 Å². The van der Waals surface area contributed by atoms with E-state index in [9.17, 15) is 9.90 Å². The number of nitrogens with one attached hydrogen (secondary N) is 2. The minimum atomic E-state index is -0.677. The molecule has 2 fully saturated rings. The maximum Gasteiger partial charge on any atom is 0.234 e. The van der Waals surface area contributed by atoms with E-state index in [1.165, 1.54) is 19.3 Å². The lowest BCUT2D eigenvalue weighted by atomic mass is 9.79. The average Bonchev–Trinajstić information content (AvgIpc) is 3.10. The van der Waals surface area contributed by atoms with E-state index in [0.29, 0.717) is 19.0 Å². The predicted molar refractivity (Wildman–Crippen MR) is 71.2 cm³/mol. The Kier molecular flexibility index (Phi) is 4.62. The Hall–Kier alpha value is -0.610. The standard InChI is InChI=1S/C14H26N2O2/c1-11-3-2-6-14(18,7-11)10-16-13(17)9-15-8-12-4-5-12/h11-12,15,18H,2-10H2,1H3,(H,16,17). The third-order valence-electron chi connectivity index (χ3n) is 4.10. The van der Waals surface area contributed by atoms with Crippen LogP contribution in [-0.2, 0) is 4.79 Å². The zero-order valence-electron chi connectivity index (χ0n) is 11.4. The summed E-state index contributed by atoms with van der Waals surface area (Å²) in [7, 11) is 0. The van der Waals surface area contributed by atoms with Crippen LogP contribution in [-0.4, -0.2) is 36.2 Å². The lowest BCUT2D eigenvalue weighted by molar-refractivity contribution is -0.122. The highest BCUT2D eigenvalue weighted by Gasteiger charge is 2.32. The van der Waals surface area contributed by atoms with Gasteiger partial charge in [0.25, 0.3) is 0 Å². The fraction of sp³-hybridized carbons (Fsp3) is 0.929. The first-order chi connectivity index (χ1) is 8.57. The van der Waals surface area contributed by atoms with Crippen molar-refractivity contribution in [3.05, 3.63) is 0 Å². The van der Waals surface area contributed by atoms with E-state index in [-0.39, 0.29) is 5.91 Å². The van der Waals surface area contributed by atoms with Crippen LogP contribution in [0.15, 0.2) is 0 Å². The summed E-state index contributed by atoms with van der Waals surface area (Å²) in [5.74, 6) is 1.36. The number of carbonyl (C=O) groups excluding carboxylic acids is 1. The molecule has 0 aliphatic heterocycles. The van der Waals surface area contributed by atoms with E-state index in [2.05, 4.69) is 17.6 Å². The zero-order valence-corrected chi connectivity index (χ0v) is 11.4. The van der Waals surface area contributed by atoms with E-state index in [4.69, 9.17) is 0 Å². The predicted octanol–water partition coefficient (Wildman–Crippen LogP) is 1.04. The van der Waals surface area contributed by atoms with Crippen LogP contribution in [0.3, 0.4) is 0 Å². The van der Waals surface area contributed by atoms with Crippen LogP contribution in [0.4, 0.5) is 0 Å². The normalized spacial score (nSPS) is 32.2. The van der Waals surface area contributed by atoms with Crippen molar-refractivity contribution in [2.45, 2.75) is 51.0 Å². The van der Waals surface area contributed by atoms with E-state index in [1.54, 1.807) is 0 Å². The molecule has 0 aromatic rings. The molecule has 2 unspecified atom stereocenters. The first-order valence-electron chi connectivity index (χ1n) is 7.27. The van der Waals surface area contributed by atoms with Crippen molar-refractivity contribution < 1.29 is 9.90 Å². The monoisotopic (exact) mass is 254 g/mol. The topological polar surface area (TPSA) is 61.4 Å². The molecule has 0 spiro atoms. The minimum Gasteiger partial charge on any atom is -0.388 e. The van der Waals surface area contributed by atoms with Gasteiger partial charge in [-0.25, -0.2) is 0 Å². The van der Waals surface area contributed by atoms with Gasteiger partial charge in [0.1, 0.15) is 0 Å². The molecule has 4 heteroatoms. The number of hydrogen-bond acceptors (Lipinski definition) is 3. The Balaban J connectivity index is 1.61. The van der Waals surface area contributed by atoms with Gasteiger partial charge in [-0.2, -0.15) is 0 Å². The first-order valence-corrected chi connectivity index (χ1v) is 7.27. The number of hydrogen-bond donors (Lipinski definition) is 3. The lowest BCUT2D eigenvalue weighted by Gasteiger charge is -2.35. The van der Waals surface area contributed by atoms with Crippen molar-refractivity contribution in [3.63, 3.8) is 0 Å². The van der Waals surface area contributed by atoms with Crippen molar-refractivity contribution in [3.8, 4) is 0 Å². The quantitative estimate of drug-likeness (QED) is 0.664. The minimum absolute atomic E-state index is 0.00213. The molecule has 2 aliphatic rings. The fourth-order valence-electron chi connectivity index (χ4n) is 2.83. The van der Waals surface area contributed by atoms with Crippen LogP contribution in [0, 0.1) is 11.8 Å². The maximum absolute atomic E-state index is 11.6. The molecule has 1 amide bonds. The third kappa shape index (κ3) is 4.58. The van der Waals surface area contributed by atoms with Gasteiger partial charge in [-0.1, -0.05) is 19.8 Å². The van der Waals surface area contributed by atoms with Crippen molar-refractivity contribution in [2.24, 2.45) is 11.8 Å². The van der Waals surface area contributed by atoms with Crippen LogP contribution in [0.25, 0.3) is 0 Å². The Morgan fingerprint density at radius 3 is 2.83 bits per heavy atom. The Morgan fingerprint density at radius 1 is 1.39 bits per heavy atom. The summed E-state index contributed by atoms with van der Waals surface area (Å²) >= 11 is 0. The number of aliphatic hydroxyl groups is 1. The van der Waals surface area contributed by atoms with Crippen molar-refractivity contribution in [2.75, 3.05) is 19.6 Å². The molecule has 4 nitrogen and oxygen atoms in total. The van der Waals surface area contributed by atoms with Gasteiger partial charge in [-0.3, -0.25) is 4.79 Å². The number of rotatable bonds is 6. The molecule has 0 heterocycles. The van der Waals surface area contributed by atoms with E-state index in [0.717, 1.165) is 31.7 Å². The average molecular weight is 254 g/mol. The van der Waals surface area contributed by atoms with Crippen LogP contribution >= 0.6 is 0 Å². The Bertz CT molecular complexity index is 292. The van der Waals surface area contributed by atoms with Crippen molar-refractivity contribution in [1.82, 2.24) is 10.6 Å². The molecular weight excluding hydrogens is 228 g/mol. The molecule has 3 N–H and O–H groups in total. The summed E-state index contributed by atoms with van der Waals surface area (Å²) in [4.78, 5) is 11.6. The van der Waals surface area contributed by atoms with Gasteiger partial charge in [0.15, 0.2) is 0 Å². The molecule has 104 valence electrons. The Morgan fingerprint density at radius 2 is 2.17 bits per heavy atom. The SMILES string of the molecule is CC1CCCC(O)(CNC(=O)CNCC2CC2)C1. The van der Waals surface area contributed by atoms with Crippen LogP contribution in [0.1, 0.15) is 45.4 Å². The lowest BCUT2D eigenvalue weighted by Crippen LogP contribution is -2.47. The summed E-state index contributed by atoms with van der Waals surface area (Å²) in [6.45, 7) is 3.90. The van der Waals surface area contributed by atoms with Crippen molar-refractivity contribution >= 4 is 5.91 Å². The van der Waals surface area contributed by atoms with Gasteiger partial charge in [-0.15, -0.1) is 0 Å². The molecule has 0 saturated heterocycles. The third-order valence-corrected chi connectivity index (χ3v) is 4.10. The molecule has 2 saturated carbocycles. The second-order valence-electron chi connectivity index (χ2n) is 6.28. The van der Waals surface area contributed by atoms with E-state index < -0.39 is 5.60 Å². The van der Waals surface area contributed by atoms with Gasteiger partial charge in [0.05, 0.1) is 12.1 Å². The van der Waals surface area contributed by atoms with Gasteiger partial charge >= 0.3 is 0 Å². The highest BCUT2D eigenvalue weighted by Crippen LogP contribution is 2.31. The molecule has 18 heavy (non-hydrogen) atoms. The summed E-state index contributed by atoms with van der Waals surface area (Å²) < 4.78 is 0. The van der Waals surface area contributed by atoms with Crippen LogP contribution < -0.4 is 10.6 Å². The second kappa shape index (κ2) is 6.02. The molecule has 2 aliphatic carbocycles. The molecule has 0 radical (unpaired) electrons. The van der Waals surface area contributed by atoms with Gasteiger partial charge in [0, 0.05) is 6.54 Å². The van der Waals surface area contributed by atoms with Crippen LogP contribution in [0.2, 0.25) is 0 Å². The zero-order chi connectivity index (χ0) is 13.0. The summed E-state index contributed by atoms with van der Waals surface area (Å²) in [5, 5.41) is 16.4. The maximum atomic E-state index is 11.6. The van der Waals surface area contributed by atoms with E-state index in [1.807, 2.05) is 0 Å². The largest absolute Gasteiger partial charge is 0.388 e. The highest BCUT2D eigenvalue weighted by atomic mass is 16.3.